The SMILES string of the molecule is CC(C)(C)OC(=O)N1CCn2nc(Nc3ccc(Cl)cc3F)c(Br)c2C1.Cc1c[nH]c2nccc(-c3c(Nc4ccc(Cl)cc4F)nn4c3CN(C(=O)OC(C)(C)C)CC4)c12. The van der Waals surface area contributed by atoms with Crippen molar-refractivity contribution in [2.75, 3.05) is 23.7 Å². The number of rotatable bonds is 5. The average Bonchev–Trinajstić information content (AvgIpc) is 3.84. The predicted molar refractivity (Wildman–Crippen MR) is 235 cm³/mol. The lowest BCUT2D eigenvalue weighted by Gasteiger charge is -2.30. The van der Waals surface area contributed by atoms with Gasteiger partial charge in [-0.25, -0.2) is 23.4 Å². The van der Waals surface area contributed by atoms with Crippen LogP contribution in [0, 0.1) is 18.6 Å². The molecule has 6 aromatic rings. The van der Waals surface area contributed by atoms with Crippen LogP contribution in [0.2, 0.25) is 10.0 Å². The number of aryl methyl sites for hydroxylation is 1. The highest BCUT2D eigenvalue weighted by molar-refractivity contribution is 9.10. The minimum absolute atomic E-state index is 0.256. The standard InChI is InChI=1S/C25H26ClFN6O2.C17H19BrClFN4O2/c1-14-12-29-22-20(14)16(7-8-28-22)21-19-13-32(24(34)35-25(2,3)4)9-10-33(19)31-23(21)30-18-6-5-15(26)11-17(18)27;1-17(2,3)26-16(25)23-6-7-24-13(9-23)14(18)15(22-24)21-12-5-4-10(19)8-11(12)20/h5-8,11-12H,9-10,13H2,1-4H3,(H,28,29)(H,30,31);4-5,8H,6-7,9H2,1-3H3,(H,21,22). The minimum Gasteiger partial charge on any atom is -0.444 e. The quantitative estimate of drug-likeness (QED) is 0.154. The van der Waals surface area contributed by atoms with Crippen molar-refractivity contribution >= 4 is 85.4 Å². The molecular formula is C42H45BrCl2F2N10O4. The summed E-state index contributed by atoms with van der Waals surface area (Å²) < 4.78 is 44.1. The summed E-state index contributed by atoms with van der Waals surface area (Å²) in [6, 6.07) is 10.8. The molecule has 0 aliphatic carbocycles. The first kappa shape index (κ1) is 43.7. The molecule has 0 saturated heterocycles. The first-order valence-electron chi connectivity index (χ1n) is 19.4. The lowest BCUT2D eigenvalue weighted by atomic mass is 10.00. The number of carbonyl (C=O) groups is 2. The number of hydrogen-bond acceptors (Lipinski definition) is 9. The van der Waals surface area contributed by atoms with Gasteiger partial charge in [-0.15, -0.1) is 0 Å². The van der Waals surface area contributed by atoms with Gasteiger partial charge in [-0.3, -0.25) is 9.36 Å². The van der Waals surface area contributed by atoms with Gasteiger partial charge in [0.25, 0.3) is 0 Å². The Morgan fingerprint density at radius 3 is 1.82 bits per heavy atom. The molecule has 322 valence electrons. The summed E-state index contributed by atoms with van der Waals surface area (Å²) in [5.41, 5.74) is 4.45. The average molecular weight is 943 g/mol. The van der Waals surface area contributed by atoms with Gasteiger partial charge in [0.15, 0.2) is 11.6 Å². The molecule has 6 heterocycles. The molecule has 3 N–H and O–H groups in total. The van der Waals surface area contributed by atoms with E-state index in [9.17, 15) is 18.4 Å². The molecule has 0 radical (unpaired) electrons. The number of H-pyrrole nitrogens is 1. The van der Waals surface area contributed by atoms with E-state index in [1.807, 2.05) is 65.4 Å². The van der Waals surface area contributed by atoms with Crippen molar-refractivity contribution in [2.45, 2.75) is 85.8 Å². The van der Waals surface area contributed by atoms with E-state index in [-0.39, 0.29) is 23.6 Å². The molecule has 2 amide bonds. The number of anilines is 4. The van der Waals surface area contributed by atoms with Crippen LogP contribution in [0.4, 0.5) is 41.4 Å². The molecule has 0 saturated carbocycles. The van der Waals surface area contributed by atoms with Gasteiger partial charge in [0.05, 0.1) is 59.0 Å². The number of pyridine rings is 1. The number of fused-ring (bicyclic) bond motifs is 3. The van der Waals surface area contributed by atoms with E-state index in [4.69, 9.17) is 37.8 Å². The predicted octanol–water partition coefficient (Wildman–Crippen LogP) is 11.0. The largest absolute Gasteiger partial charge is 0.444 e. The first-order chi connectivity index (χ1) is 28.7. The van der Waals surface area contributed by atoms with Crippen molar-refractivity contribution in [3.05, 3.63) is 98.0 Å². The highest BCUT2D eigenvalue weighted by atomic mass is 79.9. The summed E-state index contributed by atoms with van der Waals surface area (Å²) in [7, 11) is 0. The van der Waals surface area contributed by atoms with Crippen molar-refractivity contribution in [3.8, 4) is 11.1 Å². The van der Waals surface area contributed by atoms with Crippen LogP contribution in [-0.4, -0.2) is 75.8 Å². The highest BCUT2D eigenvalue weighted by Gasteiger charge is 2.32. The Morgan fingerprint density at radius 2 is 1.28 bits per heavy atom. The molecule has 0 unspecified atom stereocenters. The molecule has 0 atom stereocenters. The molecule has 2 aromatic carbocycles. The Hall–Kier alpha value is -5.39. The number of nitrogens with one attached hydrogen (secondary N) is 3. The second kappa shape index (κ2) is 17.2. The highest BCUT2D eigenvalue weighted by Crippen LogP contribution is 2.40. The van der Waals surface area contributed by atoms with Crippen molar-refractivity contribution in [3.63, 3.8) is 0 Å². The number of halogens is 5. The molecule has 19 heteroatoms. The van der Waals surface area contributed by atoms with Crippen LogP contribution in [0.5, 0.6) is 0 Å². The molecule has 2 aliphatic rings. The third kappa shape index (κ3) is 9.89. The Labute approximate surface area is 369 Å². The molecular weight excluding hydrogens is 897 g/mol. The van der Waals surface area contributed by atoms with Crippen molar-refractivity contribution in [1.29, 1.82) is 0 Å². The van der Waals surface area contributed by atoms with Gasteiger partial charge in [-0.05, 0) is 112 Å². The molecule has 0 spiro atoms. The van der Waals surface area contributed by atoms with Crippen LogP contribution < -0.4 is 10.6 Å². The van der Waals surface area contributed by atoms with Crippen LogP contribution in [0.1, 0.15) is 58.5 Å². The van der Waals surface area contributed by atoms with E-state index in [1.54, 1.807) is 44.9 Å². The Kier molecular flexibility index (Phi) is 12.3. The second-order valence-corrected chi connectivity index (χ2v) is 18.2. The third-order valence-corrected chi connectivity index (χ3v) is 10.9. The lowest BCUT2D eigenvalue weighted by molar-refractivity contribution is 0.0184. The number of amides is 2. The third-order valence-electron chi connectivity index (χ3n) is 9.61. The number of ether oxygens (including phenoxy) is 2. The van der Waals surface area contributed by atoms with Gasteiger partial charge in [-0.2, -0.15) is 10.2 Å². The molecule has 2 aliphatic heterocycles. The van der Waals surface area contributed by atoms with Gasteiger partial charge in [-0.1, -0.05) is 23.2 Å². The Balaban J connectivity index is 0.000000193. The van der Waals surface area contributed by atoms with E-state index < -0.39 is 22.8 Å². The maximum atomic E-state index is 14.7. The summed E-state index contributed by atoms with van der Waals surface area (Å²) in [6.07, 6.45) is 2.87. The zero-order valence-electron chi connectivity index (χ0n) is 34.6. The monoisotopic (exact) mass is 940 g/mol. The van der Waals surface area contributed by atoms with Gasteiger partial charge >= 0.3 is 12.2 Å². The second-order valence-electron chi connectivity index (χ2n) is 16.6. The fraction of sp³-hybridized carbons (Fsp3) is 0.357. The number of benzene rings is 2. The first-order valence-corrected chi connectivity index (χ1v) is 21.0. The molecule has 8 rings (SSSR count). The molecule has 0 bridgehead atoms. The number of nitrogens with zero attached hydrogens (tertiary/aromatic N) is 7. The van der Waals surface area contributed by atoms with Crippen LogP contribution >= 0.6 is 39.1 Å². The van der Waals surface area contributed by atoms with E-state index in [0.29, 0.717) is 65.4 Å². The van der Waals surface area contributed by atoms with Crippen LogP contribution in [0.15, 0.2) is 59.3 Å². The van der Waals surface area contributed by atoms with Crippen LogP contribution in [0.25, 0.3) is 22.2 Å². The van der Waals surface area contributed by atoms with Crippen molar-refractivity contribution < 1.29 is 27.8 Å². The normalized spacial score (nSPS) is 13.9. The maximum absolute atomic E-state index is 14.7. The van der Waals surface area contributed by atoms with E-state index in [1.165, 1.54) is 12.1 Å². The van der Waals surface area contributed by atoms with Crippen molar-refractivity contribution in [1.82, 2.24) is 39.3 Å². The molecule has 0 fully saturated rings. The van der Waals surface area contributed by atoms with E-state index in [0.717, 1.165) is 39.1 Å². The molecule has 14 nitrogen and oxygen atoms in total. The minimum atomic E-state index is -0.601. The zero-order valence-corrected chi connectivity index (χ0v) is 37.7. The van der Waals surface area contributed by atoms with Gasteiger partial charge < -0.3 is 34.9 Å². The van der Waals surface area contributed by atoms with Gasteiger partial charge in [0, 0.05) is 46.5 Å². The number of hydrogen-bond donors (Lipinski definition) is 3. The zero-order chi connectivity index (χ0) is 44.0. The lowest BCUT2D eigenvalue weighted by Crippen LogP contribution is -2.41. The summed E-state index contributed by atoms with van der Waals surface area (Å²) in [6.45, 7) is 15.6. The summed E-state index contributed by atoms with van der Waals surface area (Å²) in [5, 5.41) is 16.9. The fourth-order valence-electron chi connectivity index (χ4n) is 6.88. The van der Waals surface area contributed by atoms with Crippen LogP contribution in [0.3, 0.4) is 0 Å². The summed E-state index contributed by atoms with van der Waals surface area (Å²) in [5.74, 6) is 0.0147. The van der Waals surface area contributed by atoms with E-state index >= 15 is 0 Å². The topological polar surface area (TPSA) is 147 Å². The van der Waals surface area contributed by atoms with Crippen LogP contribution in [-0.2, 0) is 35.7 Å². The molecule has 61 heavy (non-hydrogen) atoms. The smallest absolute Gasteiger partial charge is 0.410 e. The maximum Gasteiger partial charge on any atom is 0.410 e. The fourth-order valence-corrected chi connectivity index (χ4v) is 7.71. The molecule has 4 aromatic heterocycles. The Bertz CT molecular complexity index is 2630. The number of aromatic amines is 1. The van der Waals surface area contributed by atoms with Gasteiger partial charge in [0.1, 0.15) is 28.5 Å². The van der Waals surface area contributed by atoms with Gasteiger partial charge in [0.2, 0.25) is 0 Å². The number of carbonyl (C=O) groups excluding carboxylic acids is 2. The summed E-state index contributed by atoms with van der Waals surface area (Å²) in [4.78, 5) is 36.1. The Morgan fingerprint density at radius 1 is 0.770 bits per heavy atom. The summed E-state index contributed by atoms with van der Waals surface area (Å²) >= 11 is 15.2. The number of aromatic nitrogens is 6. The van der Waals surface area contributed by atoms with Crippen molar-refractivity contribution in [2.24, 2.45) is 0 Å². The van der Waals surface area contributed by atoms with E-state index in [2.05, 4.69) is 41.6 Å².